The van der Waals surface area contributed by atoms with Gasteiger partial charge in [-0.25, -0.2) is 9.18 Å². The van der Waals surface area contributed by atoms with Gasteiger partial charge in [0.05, 0.1) is 13.3 Å². The van der Waals surface area contributed by atoms with Crippen LogP contribution in [0, 0.1) is 5.82 Å². The zero-order valence-electron chi connectivity index (χ0n) is 7.84. The number of ether oxygens (including phenoxy) is 2. The van der Waals surface area contributed by atoms with Crippen LogP contribution in [0.15, 0.2) is 12.4 Å². The van der Waals surface area contributed by atoms with E-state index in [-0.39, 0.29) is 0 Å². The van der Waals surface area contributed by atoms with E-state index in [1.807, 2.05) is 0 Å². The summed E-state index contributed by atoms with van der Waals surface area (Å²) in [6, 6.07) is 0. The molecule has 0 saturated heterocycles. The lowest BCUT2D eigenvalue weighted by Crippen LogP contribution is -2.20. The number of methoxy groups -OCH3 is 1. The second-order valence-corrected chi connectivity index (χ2v) is 2.54. The fraction of sp³-hybridized carbons (Fsp3) is 0.250. The molecule has 0 aliphatic heterocycles. The quantitative estimate of drug-likeness (QED) is 0.584. The molecule has 0 unspecified atom stereocenters. The SMILES string of the molecule is COC(=O)c1cncc(F)c1OC(F)(F)F. The zero-order valence-corrected chi connectivity index (χ0v) is 7.84. The van der Waals surface area contributed by atoms with Gasteiger partial charge in [-0.2, -0.15) is 0 Å². The van der Waals surface area contributed by atoms with Crippen LogP contribution in [0.1, 0.15) is 10.4 Å². The third-order valence-corrected chi connectivity index (χ3v) is 1.48. The summed E-state index contributed by atoms with van der Waals surface area (Å²) >= 11 is 0. The number of pyridine rings is 1. The first-order chi connectivity index (χ1) is 7.35. The van der Waals surface area contributed by atoms with Gasteiger partial charge in [0.2, 0.25) is 0 Å². The Morgan fingerprint density at radius 1 is 1.38 bits per heavy atom. The first-order valence-corrected chi connectivity index (χ1v) is 3.82. The van der Waals surface area contributed by atoms with Crippen molar-refractivity contribution in [1.82, 2.24) is 4.98 Å². The molecule has 0 aromatic carbocycles. The van der Waals surface area contributed by atoms with E-state index in [1.54, 1.807) is 0 Å². The van der Waals surface area contributed by atoms with Crippen molar-refractivity contribution in [2.45, 2.75) is 6.36 Å². The summed E-state index contributed by atoms with van der Waals surface area (Å²) in [7, 11) is 0.935. The summed E-state index contributed by atoms with van der Waals surface area (Å²) in [5, 5.41) is 0. The van der Waals surface area contributed by atoms with Crippen molar-refractivity contribution in [3.63, 3.8) is 0 Å². The fourth-order valence-corrected chi connectivity index (χ4v) is 0.898. The van der Waals surface area contributed by atoms with E-state index in [2.05, 4.69) is 14.5 Å². The predicted molar refractivity (Wildman–Crippen MR) is 42.2 cm³/mol. The van der Waals surface area contributed by atoms with Crippen LogP contribution in [0.5, 0.6) is 5.75 Å². The smallest absolute Gasteiger partial charge is 0.465 e. The molecule has 0 bridgehead atoms. The summed E-state index contributed by atoms with van der Waals surface area (Å²) in [4.78, 5) is 14.2. The van der Waals surface area contributed by atoms with Gasteiger partial charge in [0, 0.05) is 6.20 Å². The number of carbonyl (C=O) groups excluding carboxylic acids is 1. The molecule has 1 heterocycles. The average Bonchev–Trinajstić information content (AvgIpc) is 2.18. The van der Waals surface area contributed by atoms with E-state index in [0.29, 0.717) is 6.20 Å². The van der Waals surface area contributed by atoms with Crippen LogP contribution in [-0.4, -0.2) is 24.4 Å². The van der Waals surface area contributed by atoms with Crippen molar-refractivity contribution in [3.05, 3.63) is 23.8 Å². The van der Waals surface area contributed by atoms with Crippen molar-refractivity contribution in [1.29, 1.82) is 0 Å². The van der Waals surface area contributed by atoms with E-state index in [4.69, 9.17) is 0 Å². The van der Waals surface area contributed by atoms with Gasteiger partial charge >= 0.3 is 12.3 Å². The lowest BCUT2D eigenvalue weighted by atomic mass is 10.2. The summed E-state index contributed by atoms with van der Waals surface area (Å²) in [5.41, 5.74) is -0.736. The van der Waals surface area contributed by atoms with Gasteiger partial charge in [0.15, 0.2) is 11.6 Å². The average molecular weight is 239 g/mol. The van der Waals surface area contributed by atoms with Crippen molar-refractivity contribution in [3.8, 4) is 5.75 Å². The number of halogens is 4. The van der Waals surface area contributed by atoms with Crippen LogP contribution < -0.4 is 4.74 Å². The molecule has 0 fully saturated rings. The van der Waals surface area contributed by atoms with Crippen molar-refractivity contribution >= 4 is 5.97 Å². The third-order valence-electron chi connectivity index (χ3n) is 1.48. The first kappa shape index (κ1) is 12.2. The summed E-state index contributed by atoms with van der Waals surface area (Å²) in [6.07, 6.45) is -3.89. The number of nitrogens with zero attached hydrogens (tertiary/aromatic N) is 1. The van der Waals surface area contributed by atoms with E-state index < -0.39 is 29.5 Å². The predicted octanol–water partition coefficient (Wildman–Crippen LogP) is 1.91. The molecule has 4 nitrogen and oxygen atoms in total. The first-order valence-electron chi connectivity index (χ1n) is 3.82. The molecule has 8 heteroatoms. The van der Waals surface area contributed by atoms with Crippen LogP contribution in [0.3, 0.4) is 0 Å². The van der Waals surface area contributed by atoms with Crippen LogP contribution in [0.4, 0.5) is 17.6 Å². The van der Waals surface area contributed by atoms with E-state index in [1.165, 1.54) is 0 Å². The Labute approximate surface area is 86.8 Å². The molecule has 0 saturated carbocycles. The highest BCUT2D eigenvalue weighted by molar-refractivity contribution is 5.92. The van der Waals surface area contributed by atoms with Crippen LogP contribution in [0.25, 0.3) is 0 Å². The molecule has 0 radical (unpaired) electrons. The van der Waals surface area contributed by atoms with Crippen LogP contribution in [-0.2, 0) is 4.74 Å². The molecule has 1 aromatic rings. The van der Waals surface area contributed by atoms with E-state index in [0.717, 1.165) is 13.3 Å². The zero-order chi connectivity index (χ0) is 12.3. The van der Waals surface area contributed by atoms with Crippen LogP contribution in [0.2, 0.25) is 0 Å². The van der Waals surface area contributed by atoms with Crippen molar-refractivity contribution in [2.75, 3.05) is 7.11 Å². The Balaban J connectivity index is 3.19. The van der Waals surface area contributed by atoms with E-state index in [9.17, 15) is 22.4 Å². The number of aromatic nitrogens is 1. The van der Waals surface area contributed by atoms with Gasteiger partial charge in [-0.05, 0) is 0 Å². The molecule has 0 atom stereocenters. The molecular formula is C8H5F4NO3. The summed E-state index contributed by atoms with van der Waals surface area (Å²) in [6.45, 7) is 0. The monoisotopic (exact) mass is 239 g/mol. The van der Waals surface area contributed by atoms with Crippen molar-refractivity contribution < 1.29 is 31.8 Å². The Hall–Kier alpha value is -1.86. The lowest BCUT2D eigenvalue weighted by Gasteiger charge is -2.11. The minimum atomic E-state index is -5.11. The number of hydrogen-bond acceptors (Lipinski definition) is 4. The fourth-order valence-electron chi connectivity index (χ4n) is 0.898. The molecule has 0 N–H and O–H groups in total. The maximum Gasteiger partial charge on any atom is 0.573 e. The highest BCUT2D eigenvalue weighted by atomic mass is 19.4. The molecule has 0 amide bonds. The molecule has 1 aromatic heterocycles. The maximum absolute atomic E-state index is 13.0. The summed E-state index contributed by atoms with van der Waals surface area (Å²) in [5.74, 6) is -3.83. The number of rotatable bonds is 2. The maximum atomic E-state index is 13.0. The Morgan fingerprint density at radius 3 is 2.50 bits per heavy atom. The standard InChI is InChI=1S/C8H5F4NO3/c1-15-7(14)4-2-13-3-5(9)6(4)16-8(10,11)12/h2-3H,1H3. The van der Waals surface area contributed by atoms with Crippen LogP contribution >= 0.6 is 0 Å². The molecule has 16 heavy (non-hydrogen) atoms. The Morgan fingerprint density at radius 2 is 2.00 bits per heavy atom. The molecule has 88 valence electrons. The highest BCUT2D eigenvalue weighted by Crippen LogP contribution is 2.28. The Bertz CT molecular complexity index is 405. The molecular weight excluding hydrogens is 234 g/mol. The van der Waals surface area contributed by atoms with Crippen molar-refractivity contribution in [2.24, 2.45) is 0 Å². The second kappa shape index (κ2) is 4.33. The molecule has 0 spiro atoms. The minimum Gasteiger partial charge on any atom is -0.465 e. The third kappa shape index (κ3) is 2.81. The lowest BCUT2D eigenvalue weighted by molar-refractivity contribution is -0.275. The highest BCUT2D eigenvalue weighted by Gasteiger charge is 2.35. The summed E-state index contributed by atoms with van der Waals surface area (Å²) < 4.78 is 56.2. The normalized spacial score (nSPS) is 11.1. The second-order valence-electron chi connectivity index (χ2n) is 2.54. The number of carbonyl (C=O) groups is 1. The van der Waals surface area contributed by atoms with Gasteiger partial charge in [-0.3, -0.25) is 4.98 Å². The number of hydrogen-bond donors (Lipinski definition) is 0. The number of esters is 1. The Kier molecular flexibility index (Phi) is 3.31. The minimum absolute atomic E-state index is 0.494. The molecule has 0 aliphatic carbocycles. The van der Waals surface area contributed by atoms with Gasteiger partial charge < -0.3 is 9.47 Å². The van der Waals surface area contributed by atoms with Gasteiger partial charge in [0.1, 0.15) is 5.56 Å². The topological polar surface area (TPSA) is 48.4 Å². The largest absolute Gasteiger partial charge is 0.573 e. The molecule has 1 rings (SSSR count). The number of alkyl halides is 3. The van der Waals surface area contributed by atoms with Gasteiger partial charge in [-0.1, -0.05) is 0 Å². The van der Waals surface area contributed by atoms with Gasteiger partial charge in [-0.15, -0.1) is 13.2 Å². The molecule has 0 aliphatic rings. The van der Waals surface area contributed by atoms with E-state index >= 15 is 0 Å². The van der Waals surface area contributed by atoms with Gasteiger partial charge in [0.25, 0.3) is 0 Å².